The third kappa shape index (κ3) is 3.26. The molecule has 2 rings (SSSR count). The van der Waals surface area contributed by atoms with Crippen LogP contribution in [0.1, 0.15) is 10.4 Å². The predicted octanol–water partition coefficient (Wildman–Crippen LogP) is 1.17. The first-order chi connectivity index (χ1) is 10.0. The maximum Gasteiger partial charge on any atom is 0.335 e. The molecular weight excluding hydrogens is 278 g/mol. The zero-order valence-electron chi connectivity index (χ0n) is 11.3. The van der Waals surface area contributed by atoms with E-state index in [1.807, 2.05) is 0 Å². The van der Waals surface area contributed by atoms with Gasteiger partial charge >= 0.3 is 12.0 Å². The average molecular weight is 291 g/mol. The number of aromatic carboxylic acids is 1. The number of methoxy groups -OCH3 is 1. The molecule has 0 spiro atoms. The van der Waals surface area contributed by atoms with Crippen LogP contribution >= 0.6 is 0 Å². The second-order valence-electron chi connectivity index (χ2n) is 4.01. The molecule has 0 unspecified atom stereocenters. The molecule has 9 heteroatoms. The van der Waals surface area contributed by atoms with Crippen molar-refractivity contribution in [2.45, 2.75) is 0 Å². The first kappa shape index (κ1) is 14.3. The summed E-state index contributed by atoms with van der Waals surface area (Å²) in [5.41, 5.74) is 0.266. The van der Waals surface area contributed by atoms with E-state index in [4.69, 9.17) is 9.84 Å². The van der Waals surface area contributed by atoms with E-state index in [1.54, 1.807) is 7.05 Å². The van der Waals surface area contributed by atoms with E-state index in [-0.39, 0.29) is 17.2 Å². The molecule has 0 atom stereocenters. The molecule has 21 heavy (non-hydrogen) atoms. The molecule has 2 aromatic rings. The van der Waals surface area contributed by atoms with Crippen molar-refractivity contribution in [2.75, 3.05) is 17.7 Å². The Morgan fingerprint density at radius 1 is 1.33 bits per heavy atom. The number of anilines is 2. The van der Waals surface area contributed by atoms with E-state index in [2.05, 4.69) is 20.7 Å². The quantitative estimate of drug-likeness (QED) is 0.778. The lowest BCUT2D eigenvalue weighted by molar-refractivity contribution is 0.0697. The molecule has 2 amide bonds. The molecule has 0 aliphatic carbocycles. The van der Waals surface area contributed by atoms with Gasteiger partial charge in [-0.2, -0.15) is 10.1 Å². The number of hydrogen-bond donors (Lipinski definition) is 3. The van der Waals surface area contributed by atoms with Gasteiger partial charge in [0.15, 0.2) is 0 Å². The number of carbonyl (C=O) groups excluding carboxylic acids is 1. The molecule has 1 aromatic carbocycles. The largest absolute Gasteiger partial charge is 0.495 e. The predicted molar refractivity (Wildman–Crippen MR) is 73.6 cm³/mol. The van der Waals surface area contributed by atoms with Crippen LogP contribution in [0.25, 0.3) is 0 Å². The molecule has 110 valence electrons. The molecule has 0 saturated carbocycles. The number of carboxylic acids is 1. The smallest absolute Gasteiger partial charge is 0.335 e. The lowest BCUT2D eigenvalue weighted by Gasteiger charge is -2.11. The maximum absolute atomic E-state index is 11.9. The van der Waals surface area contributed by atoms with E-state index in [9.17, 15) is 9.59 Å². The van der Waals surface area contributed by atoms with Crippen molar-refractivity contribution in [1.29, 1.82) is 0 Å². The van der Waals surface area contributed by atoms with Gasteiger partial charge in [-0.3, -0.25) is 5.32 Å². The number of rotatable bonds is 4. The number of nitrogens with zero attached hydrogens (tertiary/aromatic N) is 3. The Morgan fingerprint density at radius 3 is 2.67 bits per heavy atom. The minimum absolute atomic E-state index is 0.0322. The summed E-state index contributed by atoms with van der Waals surface area (Å²) in [6, 6.07) is 3.55. The SMILES string of the molecule is COc1ccc(C(=O)O)cc1NC(=O)Nc1ncnn1C. The fourth-order valence-electron chi connectivity index (χ4n) is 1.60. The third-order valence-electron chi connectivity index (χ3n) is 2.63. The molecule has 0 radical (unpaired) electrons. The second kappa shape index (κ2) is 5.90. The summed E-state index contributed by atoms with van der Waals surface area (Å²) in [5.74, 6) is -0.511. The van der Waals surface area contributed by atoms with E-state index >= 15 is 0 Å². The molecule has 3 N–H and O–H groups in total. The molecular formula is C12H13N5O4. The van der Waals surface area contributed by atoms with Crippen molar-refractivity contribution in [3.8, 4) is 5.75 Å². The summed E-state index contributed by atoms with van der Waals surface area (Å²) in [6.45, 7) is 0. The first-order valence-electron chi connectivity index (χ1n) is 5.84. The molecule has 0 aliphatic rings. The number of hydrogen-bond acceptors (Lipinski definition) is 5. The van der Waals surface area contributed by atoms with Crippen LogP contribution in [0.4, 0.5) is 16.4 Å². The van der Waals surface area contributed by atoms with Crippen molar-refractivity contribution in [3.63, 3.8) is 0 Å². The number of carbonyl (C=O) groups is 2. The van der Waals surface area contributed by atoms with Crippen LogP contribution in [0.15, 0.2) is 24.5 Å². The van der Waals surface area contributed by atoms with Crippen LogP contribution in [-0.2, 0) is 7.05 Å². The number of benzene rings is 1. The fourth-order valence-corrected chi connectivity index (χ4v) is 1.60. The van der Waals surface area contributed by atoms with Gasteiger partial charge in [0.1, 0.15) is 12.1 Å². The lowest BCUT2D eigenvalue weighted by atomic mass is 10.2. The van der Waals surface area contributed by atoms with Gasteiger partial charge in [-0.05, 0) is 18.2 Å². The van der Waals surface area contributed by atoms with Gasteiger partial charge < -0.3 is 15.2 Å². The average Bonchev–Trinajstić information content (AvgIpc) is 2.84. The minimum atomic E-state index is -1.10. The number of aryl methyl sites for hydroxylation is 1. The van der Waals surface area contributed by atoms with E-state index < -0.39 is 12.0 Å². The van der Waals surface area contributed by atoms with Crippen LogP contribution in [0.3, 0.4) is 0 Å². The summed E-state index contributed by atoms with van der Waals surface area (Å²) in [6.07, 6.45) is 1.29. The zero-order chi connectivity index (χ0) is 15.4. The summed E-state index contributed by atoms with van der Waals surface area (Å²) in [5, 5.41) is 17.7. The normalized spacial score (nSPS) is 10.0. The number of carboxylic acid groups (broad SMARTS) is 1. The molecule has 0 fully saturated rings. The highest BCUT2D eigenvalue weighted by Gasteiger charge is 2.13. The minimum Gasteiger partial charge on any atom is -0.495 e. The van der Waals surface area contributed by atoms with E-state index in [0.717, 1.165) is 0 Å². The van der Waals surface area contributed by atoms with E-state index in [0.29, 0.717) is 5.75 Å². The summed E-state index contributed by atoms with van der Waals surface area (Å²) in [7, 11) is 3.04. The number of ether oxygens (including phenoxy) is 1. The standard InChI is InChI=1S/C12H13N5O4/c1-17-11(13-6-14-17)16-12(20)15-8-5-7(10(18)19)3-4-9(8)21-2/h3-6H,1-2H3,(H,18,19)(H2,13,14,15,16,20). The number of nitrogens with one attached hydrogen (secondary N) is 2. The Morgan fingerprint density at radius 2 is 2.10 bits per heavy atom. The molecule has 0 aliphatic heterocycles. The Bertz CT molecular complexity index is 682. The van der Waals surface area contributed by atoms with Crippen LogP contribution in [0.5, 0.6) is 5.75 Å². The first-order valence-corrected chi connectivity index (χ1v) is 5.84. The highest BCUT2D eigenvalue weighted by Crippen LogP contribution is 2.25. The van der Waals surface area contributed by atoms with Crippen LogP contribution in [-0.4, -0.2) is 39.0 Å². The van der Waals surface area contributed by atoms with Gasteiger partial charge in [-0.25, -0.2) is 14.3 Å². The van der Waals surface area contributed by atoms with Crippen molar-refractivity contribution >= 4 is 23.6 Å². The Labute approximate surface area is 119 Å². The highest BCUT2D eigenvalue weighted by atomic mass is 16.5. The van der Waals surface area contributed by atoms with Gasteiger partial charge in [0, 0.05) is 7.05 Å². The summed E-state index contributed by atoms with van der Waals surface area (Å²) < 4.78 is 6.45. The molecule has 0 bridgehead atoms. The molecule has 9 nitrogen and oxygen atoms in total. The zero-order valence-corrected chi connectivity index (χ0v) is 11.3. The second-order valence-corrected chi connectivity index (χ2v) is 4.01. The van der Waals surface area contributed by atoms with Gasteiger partial charge in [0.25, 0.3) is 0 Å². The third-order valence-corrected chi connectivity index (χ3v) is 2.63. The Balaban J connectivity index is 2.17. The number of urea groups is 1. The van der Waals surface area contributed by atoms with Gasteiger partial charge in [0.2, 0.25) is 5.95 Å². The van der Waals surface area contributed by atoms with Gasteiger partial charge in [-0.15, -0.1) is 0 Å². The Hall–Kier alpha value is -3.10. The van der Waals surface area contributed by atoms with Gasteiger partial charge in [0.05, 0.1) is 18.4 Å². The van der Waals surface area contributed by atoms with Crippen molar-refractivity contribution < 1.29 is 19.4 Å². The van der Waals surface area contributed by atoms with Crippen molar-refractivity contribution in [2.24, 2.45) is 7.05 Å². The summed E-state index contributed by atoms with van der Waals surface area (Å²) >= 11 is 0. The lowest BCUT2D eigenvalue weighted by Crippen LogP contribution is -2.22. The topological polar surface area (TPSA) is 118 Å². The number of aromatic nitrogens is 3. The molecule has 1 aromatic heterocycles. The van der Waals surface area contributed by atoms with Crippen LogP contribution in [0.2, 0.25) is 0 Å². The van der Waals surface area contributed by atoms with Crippen molar-refractivity contribution in [1.82, 2.24) is 14.8 Å². The van der Waals surface area contributed by atoms with Crippen LogP contribution in [0, 0.1) is 0 Å². The van der Waals surface area contributed by atoms with Crippen LogP contribution < -0.4 is 15.4 Å². The Kier molecular flexibility index (Phi) is 4.02. The van der Waals surface area contributed by atoms with Crippen molar-refractivity contribution in [3.05, 3.63) is 30.1 Å². The number of amides is 2. The van der Waals surface area contributed by atoms with Gasteiger partial charge in [-0.1, -0.05) is 0 Å². The maximum atomic E-state index is 11.9. The van der Waals surface area contributed by atoms with E-state index in [1.165, 1.54) is 36.3 Å². The monoisotopic (exact) mass is 291 g/mol. The fraction of sp³-hybridized carbons (Fsp3) is 0.167. The summed E-state index contributed by atoms with van der Waals surface area (Å²) in [4.78, 5) is 26.7. The highest BCUT2D eigenvalue weighted by molar-refractivity contribution is 6.00. The molecule has 1 heterocycles. The molecule has 0 saturated heterocycles.